The molecule has 2 heterocycles. The minimum atomic E-state index is 0. The summed E-state index contributed by atoms with van der Waals surface area (Å²) in [4.78, 5) is 11.1. The number of halogens is 1. The molecule has 0 saturated carbocycles. The molecule has 1 aromatic heterocycles. The minimum absolute atomic E-state index is 0. The van der Waals surface area contributed by atoms with Gasteiger partial charge in [-0.1, -0.05) is 30.3 Å². The van der Waals surface area contributed by atoms with Crippen LogP contribution in [0.15, 0.2) is 46.9 Å². The zero-order valence-corrected chi connectivity index (χ0v) is 16.5. The number of aliphatic imine (C=N–C) groups is 1. The quantitative estimate of drug-likeness (QED) is 0.449. The molecule has 1 aliphatic heterocycles. The van der Waals surface area contributed by atoms with Gasteiger partial charge in [0.1, 0.15) is 5.01 Å². The molecule has 1 fully saturated rings. The van der Waals surface area contributed by atoms with Gasteiger partial charge in [-0.05, 0) is 24.3 Å². The zero-order chi connectivity index (χ0) is 15.2. The number of nitrogens with one attached hydrogen (secondary N) is 1. The monoisotopic (exact) mass is 442 g/mol. The van der Waals surface area contributed by atoms with Gasteiger partial charge in [0, 0.05) is 31.7 Å². The molecule has 23 heavy (non-hydrogen) atoms. The van der Waals surface area contributed by atoms with Crippen LogP contribution in [0, 0.1) is 5.92 Å². The lowest BCUT2D eigenvalue weighted by Gasteiger charge is -2.21. The molecule has 2 aromatic rings. The predicted octanol–water partition coefficient (Wildman–Crippen LogP) is 3.40. The second kappa shape index (κ2) is 9.22. The standard InChI is InChI=1S/C17H22N4S.HI/c1-18-17(20-12-16-19-8-10-22-16)21-9-7-15(13-21)11-14-5-3-2-4-6-14;/h2-6,8,10,15H,7,9,11-13H2,1H3,(H,18,20);1H. The van der Waals surface area contributed by atoms with Crippen LogP contribution in [-0.4, -0.2) is 36.0 Å². The highest BCUT2D eigenvalue weighted by molar-refractivity contribution is 14.0. The van der Waals surface area contributed by atoms with E-state index in [9.17, 15) is 0 Å². The van der Waals surface area contributed by atoms with Gasteiger partial charge in [0.2, 0.25) is 0 Å². The molecule has 0 bridgehead atoms. The maximum absolute atomic E-state index is 4.42. The predicted molar refractivity (Wildman–Crippen MR) is 108 cm³/mol. The summed E-state index contributed by atoms with van der Waals surface area (Å²) in [6.45, 7) is 2.91. The van der Waals surface area contributed by atoms with Crippen molar-refractivity contribution < 1.29 is 0 Å². The highest BCUT2D eigenvalue weighted by Gasteiger charge is 2.24. The van der Waals surface area contributed by atoms with Gasteiger partial charge in [0.25, 0.3) is 0 Å². The van der Waals surface area contributed by atoms with E-state index in [1.54, 1.807) is 11.3 Å². The maximum Gasteiger partial charge on any atom is 0.194 e. The fraction of sp³-hybridized carbons (Fsp3) is 0.412. The second-order valence-electron chi connectivity index (χ2n) is 5.62. The molecule has 1 saturated heterocycles. The van der Waals surface area contributed by atoms with Gasteiger partial charge in [-0.2, -0.15) is 0 Å². The van der Waals surface area contributed by atoms with Crippen molar-refractivity contribution in [1.29, 1.82) is 0 Å². The Morgan fingerprint density at radius 2 is 2.22 bits per heavy atom. The van der Waals surface area contributed by atoms with Crippen molar-refractivity contribution in [3.63, 3.8) is 0 Å². The number of benzene rings is 1. The molecule has 1 unspecified atom stereocenters. The molecule has 4 nitrogen and oxygen atoms in total. The first-order valence-corrected chi connectivity index (χ1v) is 8.61. The maximum atomic E-state index is 4.42. The van der Waals surface area contributed by atoms with Crippen LogP contribution in [0.25, 0.3) is 0 Å². The largest absolute Gasteiger partial charge is 0.350 e. The van der Waals surface area contributed by atoms with Crippen molar-refractivity contribution in [2.75, 3.05) is 20.1 Å². The van der Waals surface area contributed by atoms with Gasteiger partial charge >= 0.3 is 0 Å². The average Bonchev–Trinajstić information content (AvgIpc) is 3.21. The summed E-state index contributed by atoms with van der Waals surface area (Å²) in [5, 5.41) is 6.53. The van der Waals surface area contributed by atoms with Crippen LogP contribution >= 0.6 is 35.3 Å². The molecule has 124 valence electrons. The average molecular weight is 442 g/mol. The van der Waals surface area contributed by atoms with E-state index in [0.29, 0.717) is 5.92 Å². The van der Waals surface area contributed by atoms with Gasteiger partial charge in [0.15, 0.2) is 5.96 Å². The van der Waals surface area contributed by atoms with Crippen LogP contribution in [-0.2, 0) is 13.0 Å². The van der Waals surface area contributed by atoms with Crippen LogP contribution in [0.3, 0.4) is 0 Å². The number of hydrogen-bond acceptors (Lipinski definition) is 3. The van der Waals surface area contributed by atoms with E-state index in [1.807, 2.05) is 18.6 Å². The van der Waals surface area contributed by atoms with E-state index in [4.69, 9.17) is 0 Å². The normalized spacial score (nSPS) is 17.9. The molecule has 1 N–H and O–H groups in total. The summed E-state index contributed by atoms with van der Waals surface area (Å²) < 4.78 is 0. The smallest absolute Gasteiger partial charge is 0.194 e. The van der Waals surface area contributed by atoms with Crippen molar-refractivity contribution in [2.24, 2.45) is 10.9 Å². The third-order valence-corrected chi connectivity index (χ3v) is 4.83. The summed E-state index contributed by atoms with van der Waals surface area (Å²) in [7, 11) is 1.86. The number of likely N-dealkylation sites (tertiary alicyclic amines) is 1. The van der Waals surface area contributed by atoms with Crippen molar-refractivity contribution in [2.45, 2.75) is 19.4 Å². The summed E-state index contributed by atoms with van der Waals surface area (Å²) in [6, 6.07) is 10.8. The Balaban J connectivity index is 0.00000192. The molecule has 3 rings (SSSR count). The summed E-state index contributed by atoms with van der Waals surface area (Å²) in [5.41, 5.74) is 1.43. The third kappa shape index (κ3) is 5.17. The van der Waals surface area contributed by atoms with E-state index >= 15 is 0 Å². The van der Waals surface area contributed by atoms with E-state index in [0.717, 1.165) is 37.0 Å². The lowest BCUT2D eigenvalue weighted by molar-refractivity contribution is 0.459. The number of guanidine groups is 1. The second-order valence-corrected chi connectivity index (χ2v) is 6.60. The van der Waals surface area contributed by atoms with Crippen LogP contribution < -0.4 is 5.32 Å². The Kier molecular flexibility index (Phi) is 7.29. The summed E-state index contributed by atoms with van der Waals surface area (Å²) in [6.07, 6.45) is 4.23. The molecule has 1 aromatic carbocycles. The molecule has 0 radical (unpaired) electrons. The fourth-order valence-corrected chi connectivity index (χ4v) is 3.52. The van der Waals surface area contributed by atoms with E-state index < -0.39 is 0 Å². The Bertz CT molecular complexity index is 600. The van der Waals surface area contributed by atoms with Crippen molar-refractivity contribution >= 4 is 41.3 Å². The van der Waals surface area contributed by atoms with Crippen LogP contribution in [0.1, 0.15) is 17.0 Å². The first kappa shape index (κ1) is 18.2. The Morgan fingerprint density at radius 3 is 2.91 bits per heavy atom. The molecule has 0 amide bonds. The van der Waals surface area contributed by atoms with Gasteiger partial charge in [-0.25, -0.2) is 4.98 Å². The van der Waals surface area contributed by atoms with Crippen LogP contribution in [0.4, 0.5) is 0 Å². The first-order valence-electron chi connectivity index (χ1n) is 7.73. The molecule has 0 aliphatic carbocycles. The highest BCUT2D eigenvalue weighted by atomic mass is 127. The van der Waals surface area contributed by atoms with Crippen LogP contribution in [0.5, 0.6) is 0 Å². The topological polar surface area (TPSA) is 40.5 Å². The van der Waals surface area contributed by atoms with Crippen molar-refractivity contribution in [3.05, 3.63) is 52.5 Å². The molecule has 6 heteroatoms. The summed E-state index contributed by atoms with van der Waals surface area (Å²) >= 11 is 1.67. The molecular weight excluding hydrogens is 419 g/mol. The van der Waals surface area contributed by atoms with E-state index in [2.05, 4.69) is 50.5 Å². The molecular formula is C17H23IN4S. The third-order valence-electron chi connectivity index (χ3n) is 4.05. The first-order chi connectivity index (χ1) is 10.8. The zero-order valence-electron chi connectivity index (χ0n) is 13.3. The van der Waals surface area contributed by atoms with E-state index in [-0.39, 0.29) is 24.0 Å². The highest BCUT2D eigenvalue weighted by Crippen LogP contribution is 2.21. The molecule has 1 atom stereocenters. The minimum Gasteiger partial charge on any atom is -0.350 e. The lowest BCUT2D eigenvalue weighted by Crippen LogP contribution is -2.39. The fourth-order valence-electron chi connectivity index (χ4n) is 2.97. The van der Waals surface area contributed by atoms with E-state index in [1.165, 1.54) is 12.0 Å². The Morgan fingerprint density at radius 1 is 1.39 bits per heavy atom. The van der Waals surface area contributed by atoms with Gasteiger partial charge in [-0.3, -0.25) is 4.99 Å². The number of thiazole rings is 1. The SMILES string of the molecule is CN=C(NCc1nccs1)N1CCC(Cc2ccccc2)C1.I. The lowest BCUT2D eigenvalue weighted by atomic mass is 9.99. The van der Waals surface area contributed by atoms with Gasteiger partial charge in [0.05, 0.1) is 6.54 Å². The number of hydrogen-bond donors (Lipinski definition) is 1. The molecule has 0 spiro atoms. The van der Waals surface area contributed by atoms with Gasteiger partial charge in [-0.15, -0.1) is 35.3 Å². The van der Waals surface area contributed by atoms with Gasteiger partial charge < -0.3 is 10.2 Å². The van der Waals surface area contributed by atoms with Crippen LogP contribution in [0.2, 0.25) is 0 Å². The Labute approximate surface area is 159 Å². The Hall–Kier alpha value is -1.15. The number of rotatable bonds is 4. The summed E-state index contributed by atoms with van der Waals surface area (Å²) in [5.74, 6) is 1.70. The number of nitrogens with zero attached hydrogens (tertiary/aromatic N) is 3. The number of aromatic nitrogens is 1. The molecule has 1 aliphatic rings. The van der Waals surface area contributed by atoms with Crippen molar-refractivity contribution in [3.8, 4) is 0 Å². The van der Waals surface area contributed by atoms with Crippen molar-refractivity contribution in [1.82, 2.24) is 15.2 Å².